The quantitative estimate of drug-likeness (QED) is 0.388. The molecule has 0 aliphatic carbocycles. The van der Waals surface area contributed by atoms with Gasteiger partial charge in [-0.25, -0.2) is 14.4 Å². The average Bonchev–Trinajstić information content (AvgIpc) is 2.70. The van der Waals surface area contributed by atoms with E-state index in [1.54, 1.807) is 24.4 Å². The second-order valence-electron chi connectivity index (χ2n) is 5.81. The fraction of sp³-hybridized carbons (Fsp3) is 0. The highest BCUT2D eigenvalue weighted by Gasteiger charge is 2.23. The van der Waals surface area contributed by atoms with Crippen molar-refractivity contribution in [3.63, 3.8) is 0 Å². The van der Waals surface area contributed by atoms with Crippen LogP contribution in [0.3, 0.4) is 0 Å². The van der Waals surface area contributed by atoms with E-state index in [0.717, 1.165) is 10.9 Å². The second kappa shape index (κ2) is 7.23. The summed E-state index contributed by atoms with van der Waals surface area (Å²) in [7, 11) is 0. The first-order valence-corrected chi connectivity index (χ1v) is 8.24. The number of rotatable bonds is 5. The highest BCUT2D eigenvalue weighted by molar-refractivity contribution is 5.93. The maximum Gasteiger partial charge on any atom is 0.353 e. The Hall–Kier alpha value is -4.14. The number of aromatic nitrogens is 3. The van der Waals surface area contributed by atoms with Crippen molar-refractivity contribution in [2.75, 3.05) is 10.6 Å². The van der Waals surface area contributed by atoms with E-state index in [-0.39, 0.29) is 17.3 Å². The Bertz CT molecular complexity index is 1160. The summed E-state index contributed by atoms with van der Waals surface area (Å²) in [5.41, 5.74) is 1.50. The molecule has 0 saturated heterocycles. The Morgan fingerprint density at radius 1 is 0.893 bits per heavy atom. The van der Waals surface area contributed by atoms with Crippen LogP contribution in [0.4, 0.5) is 33.1 Å². The van der Waals surface area contributed by atoms with Crippen molar-refractivity contribution >= 4 is 39.6 Å². The Morgan fingerprint density at radius 3 is 2.39 bits per heavy atom. The zero-order valence-corrected chi connectivity index (χ0v) is 14.3. The van der Waals surface area contributed by atoms with Gasteiger partial charge in [0.25, 0.3) is 0 Å². The molecule has 2 aromatic heterocycles. The van der Waals surface area contributed by atoms with Gasteiger partial charge in [0.05, 0.1) is 10.4 Å². The van der Waals surface area contributed by atoms with Crippen LogP contribution in [0.25, 0.3) is 10.9 Å². The van der Waals surface area contributed by atoms with Crippen LogP contribution in [0.2, 0.25) is 0 Å². The number of fused-ring (bicyclic) bond motifs is 1. The SMILES string of the molecule is O=[N+]([O-])c1c(Nc2ccc(F)cc2)ncnc1Nc1cccc2ncccc12. The van der Waals surface area contributed by atoms with Crippen molar-refractivity contribution in [3.8, 4) is 0 Å². The predicted molar refractivity (Wildman–Crippen MR) is 103 cm³/mol. The number of halogens is 1. The van der Waals surface area contributed by atoms with Crippen molar-refractivity contribution in [2.45, 2.75) is 0 Å². The maximum absolute atomic E-state index is 13.1. The zero-order chi connectivity index (χ0) is 19.5. The molecule has 2 N–H and O–H groups in total. The average molecular weight is 376 g/mol. The number of nitrogens with zero attached hydrogens (tertiary/aromatic N) is 4. The number of hydrogen-bond acceptors (Lipinski definition) is 7. The monoisotopic (exact) mass is 376 g/mol. The number of nitro groups is 1. The molecule has 2 heterocycles. The largest absolute Gasteiger partial charge is 0.353 e. The topological polar surface area (TPSA) is 106 Å². The van der Waals surface area contributed by atoms with Crippen molar-refractivity contribution in [2.24, 2.45) is 0 Å². The molecule has 0 aliphatic rings. The summed E-state index contributed by atoms with van der Waals surface area (Å²) in [4.78, 5) is 23.4. The minimum absolute atomic E-state index is 0.00697. The third kappa shape index (κ3) is 3.40. The molecular weight excluding hydrogens is 363 g/mol. The molecule has 138 valence electrons. The molecule has 9 heteroatoms. The lowest BCUT2D eigenvalue weighted by atomic mass is 10.2. The van der Waals surface area contributed by atoms with Gasteiger partial charge in [-0.1, -0.05) is 6.07 Å². The standard InChI is InChI=1S/C19H13FN6O2/c20-12-6-8-13(9-7-12)24-18-17(26(27)28)19(23-11-22-18)25-16-5-1-4-15-14(16)3-2-10-21-15/h1-11H,(H2,22,23,24,25). The molecule has 0 spiro atoms. The van der Waals surface area contributed by atoms with Crippen LogP contribution >= 0.6 is 0 Å². The fourth-order valence-corrected chi connectivity index (χ4v) is 2.74. The molecule has 0 saturated carbocycles. The van der Waals surface area contributed by atoms with E-state index < -0.39 is 10.7 Å². The first-order chi connectivity index (χ1) is 13.6. The van der Waals surface area contributed by atoms with Gasteiger partial charge in [-0.05, 0) is 48.5 Å². The highest BCUT2D eigenvalue weighted by atomic mass is 19.1. The lowest BCUT2D eigenvalue weighted by Crippen LogP contribution is -2.05. The lowest BCUT2D eigenvalue weighted by molar-refractivity contribution is -0.383. The van der Waals surface area contributed by atoms with Gasteiger partial charge in [0.2, 0.25) is 11.6 Å². The smallest absolute Gasteiger partial charge is 0.334 e. The number of anilines is 4. The van der Waals surface area contributed by atoms with Gasteiger partial charge in [0.15, 0.2) is 0 Å². The van der Waals surface area contributed by atoms with Crippen molar-refractivity contribution in [3.05, 3.63) is 83.1 Å². The fourth-order valence-electron chi connectivity index (χ4n) is 2.74. The third-order valence-corrected chi connectivity index (χ3v) is 4.01. The van der Waals surface area contributed by atoms with Crippen LogP contribution in [0.5, 0.6) is 0 Å². The van der Waals surface area contributed by atoms with Gasteiger partial charge >= 0.3 is 5.69 Å². The molecule has 28 heavy (non-hydrogen) atoms. The van der Waals surface area contributed by atoms with Crippen LogP contribution in [0.1, 0.15) is 0 Å². The van der Waals surface area contributed by atoms with E-state index in [0.29, 0.717) is 11.4 Å². The Morgan fingerprint density at radius 2 is 1.64 bits per heavy atom. The van der Waals surface area contributed by atoms with Crippen molar-refractivity contribution < 1.29 is 9.31 Å². The molecule has 8 nitrogen and oxygen atoms in total. The number of benzene rings is 2. The molecule has 0 unspecified atom stereocenters. The minimum Gasteiger partial charge on any atom is -0.334 e. The van der Waals surface area contributed by atoms with Crippen LogP contribution in [0.15, 0.2) is 67.1 Å². The van der Waals surface area contributed by atoms with Crippen molar-refractivity contribution in [1.29, 1.82) is 0 Å². The molecule has 2 aromatic carbocycles. The third-order valence-electron chi connectivity index (χ3n) is 4.01. The van der Waals surface area contributed by atoms with Crippen molar-refractivity contribution in [1.82, 2.24) is 15.0 Å². The number of hydrogen-bond donors (Lipinski definition) is 2. The Labute approximate surface area is 158 Å². The normalized spacial score (nSPS) is 10.6. The van der Waals surface area contributed by atoms with Gasteiger partial charge in [0.1, 0.15) is 12.1 Å². The second-order valence-corrected chi connectivity index (χ2v) is 5.81. The number of pyridine rings is 1. The zero-order valence-electron chi connectivity index (χ0n) is 14.3. The van der Waals surface area contributed by atoms with E-state index in [4.69, 9.17) is 0 Å². The van der Waals surface area contributed by atoms with Gasteiger partial charge in [-0.2, -0.15) is 0 Å². The van der Waals surface area contributed by atoms with E-state index in [1.165, 1.54) is 30.6 Å². The molecule has 0 radical (unpaired) electrons. The van der Waals surface area contributed by atoms with Crippen LogP contribution in [-0.2, 0) is 0 Å². The van der Waals surface area contributed by atoms with Crippen LogP contribution < -0.4 is 10.6 Å². The van der Waals surface area contributed by atoms with E-state index in [2.05, 4.69) is 25.6 Å². The molecule has 0 amide bonds. The summed E-state index contributed by atoms with van der Waals surface area (Å²) >= 11 is 0. The summed E-state index contributed by atoms with van der Waals surface area (Å²) in [6.45, 7) is 0. The Kier molecular flexibility index (Phi) is 4.47. The molecule has 4 rings (SSSR count). The Balaban J connectivity index is 1.74. The predicted octanol–water partition coefficient (Wildman–Crippen LogP) is 4.56. The summed E-state index contributed by atoms with van der Waals surface area (Å²) < 4.78 is 13.1. The van der Waals surface area contributed by atoms with E-state index in [9.17, 15) is 14.5 Å². The molecule has 0 bridgehead atoms. The minimum atomic E-state index is -0.572. The summed E-state index contributed by atoms with van der Waals surface area (Å²) in [6, 6.07) is 14.5. The summed E-state index contributed by atoms with van der Waals surface area (Å²) in [6.07, 6.45) is 2.88. The summed E-state index contributed by atoms with van der Waals surface area (Å²) in [5, 5.41) is 18.3. The van der Waals surface area contributed by atoms with Crippen LogP contribution in [0, 0.1) is 15.9 Å². The first kappa shape index (κ1) is 17.3. The maximum atomic E-state index is 13.1. The molecule has 0 fully saturated rings. The molecule has 4 aromatic rings. The first-order valence-electron chi connectivity index (χ1n) is 8.24. The highest BCUT2D eigenvalue weighted by Crippen LogP contribution is 2.34. The van der Waals surface area contributed by atoms with Gasteiger partial charge in [-0.3, -0.25) is 15.1 Å². The molecule has 0 atom stereocenters. The van der Waals surface area contributed by atoms with Gasteiger partial charge < -0.3 is 10.6 Å². The molecular formula is C19H13FN6O2. The van der Waals surface area contributed by atoms with E-state index >= 15 is 0 Å². The summed E-state index contributed by atoms with van der Waals surface area (Å²) in [5.74, 6) is -0.386. The van der Waals surface area contributed by atoms with Crippen LogP contribution in [-0.4, -0.2) is 19.9 Å². The van der Waals surface area contributed by atoms with E-state index in [1.807, 2.05) is 12.1 Å². The van der Waals surface area contributed by atoms with Gasteiger partial charge in [-0.15, -0.1) is 0 Å². The molecule has 0 aliphatic heterocycles. The lowest BCUT2D eigenvalue weighted by Gasteiger charge is -2.11. The van der Waals surface area contributed by atoms with Gasteiger partial charge in [0, 0.05) is 23.0 Å². The number of nitrogens with one attached hydrogen (secondary N) is 2.